The van der Waals surface area contributed by atoms with Gasteiger partial charge in [0.05, 0.1) is 24.9 Å². The minimum Gasteiger partial charge on any atom is -0.466 e. The molecule has 0 amide bonds. The van der Waals surface area contributed by atoms with Crippen LogP contribution >= 0.6 is 23.1 Å². The summed E-state index contributed by atoms with van der Waals surface area (Å²) in [5, 5.41) is 6.72. The van der Waals surface area contributed by atoms with Gasteiger partial charge < -0.3 is 4.74 Å². The number of anilines is 1. The summed E-state index contributed by atoms with van der Waals surface area (Å²) >= 11 is 3.28. The van der Waals surface area contributed by atoms with Gasteiger partial charge in [-0.1, -0.05) is 25.5 Å². The summed E-state index contributed by atoms with van der Waals surface area (Å²) in [6, 6.07) is 8.30. The van der Waals surface area contributed by atoms with Crippen LogP contribution in [0.25, 0.3) is 0 Å². The van der Waals surface area contributed by atoms with Crippen molar-refractivity contribution < 1.29 is 9.53 Å². The Morgan fingerprint density at radius 1 is 1.44 bits per heavy atom. The third kappa shape index (κ3) is 7.27. The second kappa shape index (κ2) is 10.9. The molecule has 0 spiro atoms. The Kier molecular flexibility index (Phi) is 8.48. The largest absolute Gasteiger partial charge is 0.466 e. The molecule has 0 aliphatic rings. The number of benzene rings is 1. The molecule has 0 aliphatic heterocycles. The topological polar surface area (TPSA) is 63.6 Å². The second-order valence-corrected chi connectivity index (χ2v) is 7.30. The van der Waals surface area contributed by atoms with Crippen molar-refractivity contribution >= 4 is 40.4 Å². The van der Waals surface area contributed by atoms with Gasteiger partial charge in [-0.2, -0.15) is 5.10 Å². The number of carbonyl (C=O) groups is 1. The number of hydrogen-bond acceptors (Lipinski definition) is 7. The zero-order valence-electron chi connectivity index (χ0n) is 14.5. The Morgan fingerprint density at radius 2 is 2.32 bits per heavy atom. The predicted molar refractivity (Wildman–Crippen MR) is 106 cm³/mol. The van der Waals surface area contributed by atoms with Crippen LogP contribution in [-0.2, 0) is 16.0 Å². The van der Waals surface area contributed by atoms with Crippen molar-refractivity contribution in [2.75, 3.05) is 17.8 Å². The van der Waals surface area contributed by atoms with E-state index in [9.17, 15) is 4.79 Å². The van der Waals surface area contributed by atoms with E-state index < -0.39 is 0 Å². The fourth-order valence-electron chi connectivity index (χ4n) is 1.98. The van der Waals surface area contributed by atoms with Crippen LogP contribution in [0, 0.1) is 0 Å². The highest BCUT2D eigenvalue weighted by molar-refractivity contribution is 7.99. The molecular formula is C18H23N3O2S2. The van der Waals surface area contributed by atoms with Gasteiger partial charge in [0.25, 0.3) is 0 Å². The highest BCUT2D eigenvalue weighted by Crippen LogP contribution is 2.20. The number of carbonyl (C=O) groups excluding carboxylic acids is 1. The van der Waals surface area contributed by atoms with Gasteiger partial charge in [0.1, 0.15) is 0 Å². The fraction of sp³-hybridized carbons (Fsp3) is 0.389. The molecular weight excluding hydrogens is 354 g/mol. The van der Waals surface area contributed by atoms with Crippen LogP contribution in [-0.4, -0.2) is 29.5 Å². The van der Waals surface area contributed by atoms with Crippen molar-refractivity contribution in [3.63, 3.8) is 0 Å². The van der Waals surface area contributed by atoms with E-state index in [2.05, 4.69) is 34.6 Å². The summed E-state index contributed by atoms with van der Waals surface area (Å²) in [6.45, 7) is 4.37. The Morgan fingerprint density at radius 3 is 3.12 bits per heavy atom. The number of esters is 1. The Bertz CT molecular complexity index is 701. The first-order chi connectivity index (χ1) is 12.2. The second-order valence-electron chi connectivity index (χ2n) is 5.27. The predicted octanol–water partition coefficient (Wildman–Crippen LogP) is 4.59. The highest BCUT2D eigenvalue weighted by Gasteiger charge is 2.07. The highest BCUT2D eigenvalue weighted by atomic mass is 32.2. The van der Waals surface area contributed by atoms with E-state index in [1.165, 1.54) is 29.1 Å². The molecule has 5 nitrogen and oxygen atoms in total. The maximum absolute atomic E-state index is 11.4. The van der Waals surface area contributed by atoms with E-state index in [1.807, 2.05) is 29.3 Å². The van der Waals surface area contributed by atoms with Crippen LogP contribution < -0.4 is 5.43 Å². The molecule has 25 heavy (non-hydrogen) atoms. The number of ether oxygens (including phenoxy) is 1. The van der Waals surface area contributed by atoms with Gasteiger partial charge in [-0.05, 0) is 36.8 Å². The first-order valence-corrected chi connectivity index (χ1v) is 10.2. The summed E-state index contributed by atoms with van der Waals surface area (Å²) < 4.78 is 4.91. The van der Waals surface area contributed by atoms with Crippen molar-refractivity contribution in [3.8, 4) is 0 Å². The Hall–Kier alpha value is -1.86. The van der Waals surface area contributed by atoms with Crippen molar-refractivity contribution in [1.29, 1.82) is 0 Å². The zero-order chi connectivity index (χ0) is 17.9. The third-order valence-electron chi connectivity index (χ3n) is 3.18. The molecule has 0 radical (unpaired) electrons. The van der Waals surface area contributed by atoms with Crippen LogP contribution in [0.2, 0.25) is 0 Å². The van der Waals surface area contributed by atoms with Gasteiger partial charge in [-0.25, -0.2) is 4.98 Å². The molecule has 0 saturated carbocycles. The number of thioether (sulfide) groups is 1. The molecule has 2 rings (SSSR count). The SMILES string of the molecule is CCCCSc1cccc(C=NNc2nc(CC(=O)OCC)cs2)c1. The van der Waals surface area contributed by atoms with Crippen LogP contribution in [0.5, 0.6) is 0 Å². The molecule has 1 N–H and O–H groups in total. The van der Waals surface area contributed by atoms with Crippen molar-refractivity contribution in [3.05, 3.63) is 40.9 Å². The molecule has 2 aromatic rings. The van der Waals surface area contributed by atoms with Crippen molar-refractivity contribution in [2.45, 2.75) is 38.0 Å². The van der Waals surface area contributed by atoms with Gasteiger partial charge in [-0.15, -0.1) is 23.1 Å². The lowest BCUT2D eigenvalue weighted by molar-refractivity contribution is -0.142. The molecule has 7 heteroatoms. The molecule has 0 fully saturated rings. The number of unbranched alkanes of at least 4 members (excludes halogenated alkanes) is 1. The minimum atomic E-state index is -0.264. The summed E-state index contributed by atoms with van der Waals surface area (Å²) in [4.78, 5) is 17.0. The van der Waals surface area contributed by atoms with Crippen LogP contribution in [0.3, 0.4) is 0 Å². The maximum atomic E-state index is 11.4. The molecule has 0 atom stereocenters. The quantitative estimate of drug-likeness (QED) is 0.216. The molecule has 134 valence electrons. The number of rotatable bonds is 10. The Balaban J connectivity index is 1.85. The molecule has 0 unspecified atom stereocenters. The standard InChI is InChI=1S/C18H23N3O2S2/c1-3-5-9-24-16-8-6-7-14(10-16)12-19-21-18-20-15(13-25-18)11-17(22)23-4-2/h6-8,10,12-13H,3-5,9,11H2,1-2H3,(H,20,21). The number of nitrogens with one attached hydrogen (secondary N) is 1. The van der Waals surface area contributed by atoms with E-state index in [-0.39, 0.29) is 12.4 Å². The van der Waals surface area contributed by atoms with Crippen LogP contribution in [0.1, 0.15) is 37.9 Å². The van der Waals surface area contributed by atoms with Gasteiger partial charge in [0, 0.05) is 10.3 Å². The smallest absolute Gasteiger partial charge is 0.311 e. The van der Waals surface area contributed by atoms with E-state index in [0.717, 1.165) is 11.3 Å². The zero-order valence-corrected chi connectivity index (χ0v) is 16.2. The molecule has 1 heterocycles. The van der Waals surface area contributed by atoms with E-state index in [1.54, 1.807) is 13.1 Å². The fourth-order valence-corrected chi connectivity index (χ4v) is 3.70. The number of aromatic nitrogens is 1. The van der Waals surface area contributed by atoms with Gasteiger partial charge >= 0.3 is 5.97 Å². The average Bonchev–Trinajstić information content (AvgIpc) is 3.03. The number of hydrogen-bond donors (Lipinski definition) is 1. The molecule has 0 bridgehead atoms. The van der Waals surface area contributed by atoms with E-state index in [4.69, 9.17) is 4.74 Å². The summed E-state index contributed by atoms with van der Waals surface area (Å²) in [6.07, 6.45) is 4.40. The monoisotopic (exact) mass is 377 g/mol. The summed E-state index contributed by atoms with van der Waals surface area (Å²) in [5.74, 6) is 0.873. The van der Waals surface area contributed by atoms with Crippen LogP contribution in [0.15, 0.2) is 39.6 Å². The first kappa shape index (κ1) is 19.5. The number of thiazole rings is 1. The van der Waals surface area contributed by atoms with Gasteiger partial charge in [0.2, 0.25) is 5.13 Å². The molecule has 0 aliphatic carbocycles. The van der Waals surface area contributed by atoms with Crippen molar-refractivity contribution in [1.82, 2.24) is 4.98 Å². The Labute approximate surface area is 156 Å². The normalized spacial score (nSPS) is 11.0. The number of hydrazone groups is 1. The molecule has 0 saturated heterocycles. The molecule has 1 aromatic heterocycles. The van der Waals surface area contributed by atoms with Crippen molar-refractivity contribution in [2.24, 2.45) is 5.10 Å². The van der Waals surface area contributed by atoms with Crippen LogP contribution in [0.4, 0.5) is 5.13 Å². The summed E-state index contributed by atoms with van der Waals surface area (Å²) in [7, 11) is 0. The minimum absolute atomic E-state index is 0.187. The average molecular weight is 378 g/mol. The van der Waals surface area contributed by atoms with Gasteiger partial charge in [-0.3, -0.25) is 10.2 Å². The summed E-state index contributed by atoms with van der Waals surface area (Å²) in [5.41, 5.74) is 4.64. The van der Waals surface area contributed by atoms with Gasteiger partial charge in [0.15, 0.2) is 0 Å². The lowest BCUT2D eigenvalue weighted by Crippen LogP contribution is -2.07. The van der Waals surface area contributed by atoms with E-state index >= 15 is 0 Å². The first-order valence-electron chi connectivity index (χ1n) is 8.33. The lowest BCUT2D eigenvalue weighted by Gasteiger charge is -2.01. The van der Waals surface area contributed by atoms with E-state index in [0.29, 0.717) is 17.4 Å². The lowest BCUT2D eigenvalue weighted by atomic mass is 10.2. The maximum Gasteiger partial charge on any atom is 0.311 e. The molecule has 1 aromatic carbocycles. The number of nitrogens with zero attached hydrogens (tertiary/aromatic N) is 2. The third-order valence-corrected chi connectivity index (χ3v) is 5.06.